The van der Waals surface area contributed by atoms with Gasteiger partial charge >= 0.3 is 5.97 Å². The molecule has 8 heteroatoms. The zero-order chi connectivity index (χ0) is 32.4. The van der Waals surface area contributed by atoms with Crippen LogP contribution in [0.3, 0.4) is 0 Å². The Morgan fingerprint density at radius 3 is 2.11 bits per heavy atom. The van der Waals surface area contributed by atoms with Gasteiger partial charge in [-0.05, 0) is 105 Å². The third-order valence-electron chi connectivity index (χ3n) is 8.81. The number of fused-ring (bicyclic) bond motifs is 8. The predicted molar refractivity (Wildman–Crippen MR) is 184 cm³/mol. The number of H-pyrrole nitrogens is 2. The Morgan fingerprint density at radius 1 is 0.800 bits per heavy atom. The van der Waals surface area contributed by atoms with E-state index >= 15 is 0 Å². The summed E-state index contributed by atoms with van der Waals surface area (Å²) < 4.78 is 0. The van der Waals surface area contributed by atoms with Crippen LogP contribution in [0, 0.1) is 13.8 Å². The molecule has 0 spiro atoms. The summed E-state index contributed by atoms with van der Waals surface area (Å²) in [6.45, 7) is 19.0. The van der Waals surface area contributed by atoms with Crippen molar-refractivity contribution in [1.82, 2.24) is 25.3 Å². The summed E-state index contributed by atoms with van der Waals surface area (Å²) in [6, 6.07) is 8.10. The third-order valence-corrected chi connectivity index (χ3v) is 8.81. The number of amides is 1. The van der Waals surface area contributed by atoms with E-state index in [2.05, 4.69) is 41.4 Å². The first kappa shape index (κ1) is 31.4. The third kappa shape index (κ3) is 6.18. The molecule has 1 amide bonds. The highest BCUT2D eigenvalue weighted by Crippen LogP contribution is 2.36. The molecule has 0 aliphatic carbocycles. The normalized spacial score (nSPS) is 12.9. The Labute approximate surface area is 263 Å². The molecule has 5 heterocycles. The van der Waals surface area contributed by atoms with Crippen molar-refractivity contribution >= 4 is 62.3 Å². The molecule has 8 nitrogen and oxygen atoms in total. The molecule has 3 aromatic rings. The van der Waals surface area contributed by atoms with E-state index in [1.807, 2.05) is 58.0 Å². The molecule has 232 valence electrons. The number of allylic oxidation sites excluding steroid dienone is 5. The number of hydrogen-bond donors (Lipinski definition) is 4. The maximum atomic E-state index is 12.6. The molecule has 0 radical (unpaired) electrons. The number of aryl methyl sites for hydroxylation is 3. The van der Waals surface area contributed by atoms with Crippen LogP contribution in [0.4, 0.5) is 0 Å². The number of aromatic amines is 2. The van der Waals surface area contributed by atoms with Crippen molar-refractivity contribution in [2.45, 2.75) is 66.7 Å². The van der Waals surface area contributed by atoms with Crippen LogP contribution >= 0.6 is 0 Å². The van der Waals surface area contributed by atoms with Gasteiger partial charge in [0.05, 0.1) is 22.8 Å². The second-order valence-corrected chi connectivity index (χ2v) is 11.7. The standard InChI is InChI=1S/C37H41N5O3/c1-8-15-38-36(43)13-11-26-22(6)29-16-28-20(4)24(9-2)32(39-28)17-30-21(5)25(10-3)33(40-30)18-31-23(7)27(12-14-37(44)45)35(42-31)19-34(26)41-29/h9-10,16-19,39,42H,2-3,8,11-15H2,1,4-7H3,(H,38,43)(H,44,45). The monoisotopic (exact) mass is 603 g/mol. The lowest BCUT2D eigenvalue weighted by molar-refractivity contribution is -0.137. The van der Waals surface area contributed by atoms with E-state index in [0.29, 0.717) is 25.8 Å². The van der Waals surface area contributed by atoms with Gasteiger partial charge in [-0.1, -0.05) is 32.2 Å². The summed E-state index contributed by atoms with van der Waals surface area (Å²) in [5.41, 5.74) is 14.5. The number of aliphatic carboxylic acids is 1. The van der Waals surface area contributed by atoms with Crippen molar-refractivity contribution in [3.05, 3.63) is 88.5 Å². The van der Waals surface area contributed by atoms with Crippen LogP contribution in [0.25, 0.3) is 50.4 Å². The molecule has 8 bridgehead atoms. The molecule has 0 fully saturated rings. The lowest BCUT2D eigenvalue weighted by Gasteiger charge is -2.06. The van der Waals surface area contributed by atoms with Crippen LogP contribution in [-0.4, -0.2) is 43.5 Å². The lowest BCUT2D eigenvalue weighted by Crippen LogP contribution is -2.23. The Kier molecular flexibility index (Phi) is 9.04. The highest BCUT2D eigenvalue weighted by molar-refractivity contribution is 5.98. The summed E-state index contributed by atoms with van der Waals surface area (Å²) in [4.78, 5) is 41.5. The fourth-order valence-electron chi connectivity index (χ4n) is 6.13. The Hall–Kier alpha value is -4.98. The zero-order valence-corrected chi connectivity index (χ0v) is 26.8. The highest BCUT2D eigenvalue weighted by Gasteiger charge is 2.21. The number of carboxylic acid groups (broad SMARTS) is 1. The van der Waals surface area contributed by atoms with Gasteiger partial charge in [0.25, 0.3) is 0 Å². The van der Waals surface area contributed by atoms with E-state index < -0.39 is 5.97 Å². The van der Waals surface area contributed by atoms with Crippen molar-refractivity contribution < 1.29 is 14.7 Å². The quantitative estimate of drug-likeness (QED) is 0.187. The molecule has 3 aromatic heterocycles. The van der Waals surface area contributed by atoms with Gasteiger partial charge in [-0.3, -0.25) is 9.59 Å². The number of aromatic nitrogens is 4. The van der Waals surface area contributed by atoms with Gasteiger partial charge in [0, 0.05) is 52.6 Å². The lowest BCUT2D eigenvalue weighted by atomic mass is 10.00. The van der Waals surface area contributed by atoms with Gasteiger partial charge in [0.15, 0.2) is 0 Å². The minimum Gasteiger partial charge on any atom is -0.481 e. The minimum absolute atomic E-state index is 0.000523. The minimum atomic E-state index is -0.856. The zero-order valence-electron chi connectivity index (χ0n) is 26.8. The Morgan fingerprint density at radius 2 is 1.42 bits per heavy atom. The van der Waals surface area contributed by atoms with Gasteiger partial charge in [-0.25, -0.2) is 9.97 Å². The molecule has 45 heavy (non-hydrogen) atoms. The average Bonchev–Trinajstić information content (AvgIpc) is 3.66. The van der Waals surface area contributed by atoms with Crippen molar-refractivity contribution in [2.75, 3.05) is 6.54 Å². The average molecular weight is 604 g/mol. The molecular weight excluding hydrogens is 562 g/mol. The van der Waals surface area contributed by atoms with Gasteiger partial charge < -0.3 is 20.4 Å². The molecule has 0 saturated heterocycles. The molecule has 2 aliphatic rings. The first-order valence-corrected chi connectivity index (χ1v) is 15.5. The van der Waals surface area contributed by atoms with Gasteiger partial charge in [0.1, 0.15) is 0 Å². The van der Waals surface area contributed by atoms with E-state index in [9.17, 15) is 14.7 Å². The van der Waals surface area contributed by atoms with Crippen LogP contribution in [0.1, 0.15) is 91.5 Å². The number of carboxylic acids is 1. The van der Waals surface area contributed by atoms with E-state index in [1.165, 1.54) is 0 Å². The van der Waals surface area contributed by atoms with E-state index in [1.54, 1.807) is 0 Å². The van der Waals surface area contributed by atoms with Crippen LogP contribution in [0.5, 0.6) is 0 Å². The van der Waals surface area contributed by atoms with Crippen LogP contribution in [0.2, 0.25) is 0 Å². The fourth-order valence-corrected chi connectivity index (χ4v) is 6.13. The van der Waals surface area contributed by atoms with E-state index in [4.69, 9.17) is 9.97 Å². The highest BCUT2D eigenvalue weighted by atomic mass is 16.4. The molecule has 2 aliphatic heterocycles. The number of carbonyl (C=O) groups is 2. The van der Waals surface area contributed by atoms with Gasteiger partial charge in [-0.15, -0.1) is 0 Å². The number of rotatable bonds is 10. The maximum Gasteiger partial charge on any atom is 0.303 e. The first-order valence-electron chi connectivity index (χ1n) is 15.5. The number of hydrogen-bond acceptors (Lipinski definition) is 4. The summed E-state index contributed by atoms with van der Waals surface area (Å²) in [5, 5.41) is 12.5. The second kappa shape index (κ2) is 12.9. The number of nitrogens with zero attached hydrogens (tertiary/aromatic N) is 2. The summed E-state index contributed by atoms with van der Waals surface area (Å²) in [6.07, 6.45) is 5.79. The van der Waals surface area contributed by atoms with Crippen molar-refractivity contribution in [3.8, 4) is 0 Å². The molecule has 4 N–H and O–H groups in total. The smallest absolute Gasteiger partial charge is 0.303 e. The number of nitrogens with one attached hydrogen (secondary N) is 3. The fraction of sp³-hybridized carbons (Fsp3) is 0.297. The SMILES string of the molecule is C=CC1=C(C)c2cc3[nH]c(cc4nc(cc5[nH]c(cc1n2)c(C)c5CCC(=O)O)C(CCC(=O)NCCC)=C4C)c(C)c3C=C. The second-order valence-electron chi connectivity index (χ2n) is 11.7. The molecule has 0 unspecified atom stereocenters. The summed E-state index contributed by atoms with van der Waals surface area (Å²) in [5.74, 6) is -0.849. The Balaban J connectivity index is 1.86. The van der Waals surface area contributed by atoms with Crippen LogP contribution < -0.4 is 5.32 Å². The predicted octanol–water partition coefficient (Wildman–Crippen LogP) is 7.95. The molecular formula is C37H41N5O3. The summed E-state index contributed by atoms with van der Waals surface area (Å²) >= 11 is 0. The topological polar surface area (TPSA) is 124 Å². The largest absolute Gasteiger partial charge is 0.481 e. The Bertz CT molecular complexity index is 1970. The van der Waals surface area contributed by atoms with Crippen molar-refractivity contribution in [2.24, 2.45) is 0 Å². The van der Waals surface area contributed by atoms with Crippen molar-refractivity contribution in [3.63, 3.8) is 0 Å². The number of carbonyl (C=O) groups excluding carboxylic acids is 1. The van der Waals surface area contributed by atoms with Gasteiger partial charge in [-0.2, -0.15) is 0 Å². The van der Waals surface area contributed by atoms with Crippen molar-refractivity contribution in [1.29, 1.82) is 0 Å². The maximum absolute atomic E-state index is 12.6. The first-order chi connectivity index (χ1) is 21.6. The van der Waals surface area contributed by atoms with E-state index in [-0.39, 0.29) is 12.3 Å². The van der Waals surface area contributed by atoms with Crippen LogP contribution in [-0.2, 0) is 16.0 Å². The van der Waals surface area contributed by atoms with Gasteiger partial charge in [0.2, 0.25) is 5.91 Å². The van der Waals surface area contributed by atoms with Crippen LogP contribution in [0.15, 0.2) is 43.5 Å². The summed E-state index contributed by atoms with van der Waals surface area (Å²) in [7, 11) is 0. The van der Waals surface area contributed by atoms with E-state index in [0.717, 1.165) is 95.8 Å². The molecule has 0 atom stereocenters. The molecule has 5 rings (SSSR count). The molecule has 0 aromatic carbocycles. The molecule has 0 saturated carbocycles.